The number of methoxy groups -OCH3 is 2. The molecule has 1 saturated heterocycles. The van der Waals surface area contributed by atoms with Crippen molar-refractivity contribution < 1.29 is 22.7 Å². The monoisotopic (exact) mass is 488 g/mol. The van der Waals surface area contributed by atoms with Gasteiger partial charge in [0.2, 0.25) is 0 Å². The van der Waals surface area contributed by atoms with E-state index in [9.17, 15) is 13.2 Å². The molecular formula is C18H21BrN2O5S2. The Balaban J connectivity index is 1.70. The second-order valence-electron chi connectivity index (χ2n) is 6.21. The van der Waals surface area contributed by atoms with Gasteiger partial charge in [0, 0.05) is 23.5 Å². The Hall–Kier alpha value is -1.62. The molecule has 0 aliphatic carbocycles. The number of carbonyl (C=O) groups is 1. The molecule has 152 valence electrons. The van der Waals surface area contributed by atoms with Crippen LogP contribution in [0.5, 0.6) is 11.5 Å². The zero-order valence-corrected chi connectivity index (χ0v) is 18.7. The minimum absolute atomic E-state index is 0.236. The van der Waals surface area contributed by atoms with Gasteiger partial charge in [-0.15, -0.1) is 11.3 Å². The molecule has 0 spiro atoms. The van der Waals surface area contributed by atoms with E-state index in [1.54, 1.807) is 24.3 Å². The van der Waals surface area contributed by atoms with Crippen LogP contribution in [-0.4, -0.2) is 45.9 Å². The SMILES string of the molecule is COc1cc(C(=O)NCc2ccc(S(=O)(=O)N3CCCC3)s2)cc(OC)c1Br. The lowest BCUT2D eigenvalue weighted by molar-refractivity contribution is 0.0950. The Labute approximate surface area is 176 Å². The Bertz CT molecular complexity index is 943. The number of nitrogens with one attached hydrogen (secondary N) is 1. The molecule has 0 radical (unpaired) electrons. The predicted molar refractivity (Wildman–Crippen MR) is 111 cm³/mol. The standard InChI is InChI=1S/C18H21BrN2O5S2/c1-25-14-9-12(10-15(26-2)17(14)19)18(22)20-11-13-5-6-16(27-13)28(23,24)21-7-3-4-8-21/h5-6,9-10H,3-4,7-8,11H2,1-2H3,(H,20,22). The van der Waals surface area contributed by atoms with Crippen LogP contribution in [0.25, 0.3) is 0 Å². The fourth-order valence-corrected chi connectivity index (χ4v) is 6.44. The lowest BCUT2D eigenvalue weighted by Gasteiger charge is -2.13. The van der Waals surface area contributed by atoms with E-state index >= 15 is 0 Å². The van der Waals surface area contributed by atoms with Gasteiger partial charge in [-0.25, -0.2) is 8.42 Å². The summed E-state index contributed by atoms with van der Waals surface area (Å²) in [6.07, 6.45) is 1.79. The van der Waals surface area contributed by atoms with E-state index in [4.69, 9.17) is 9.47 Å². The maximum atomic E-state index is 12.6. The van der Waals surface area contributed by atoms with Crippen LogP contribution < -0.4 is 14.8 Å². The highest BCUT2D eigenvalue weighted by atomic mass is 79.9. The molecule has 2 aromatic rings. The summed E-state index contributed by atoms with van der Waals surface area (Å²) in [5.74, 6) is 0.667. The first-order valence-corrected chi connectivity index (χ1v) is 11.7. The van der Waals surface area contributed by atoms with Crippen molar-refractivity contribution in [1.29, 1.82) is 0 Å². The molecule has 0 bridgehead atoms. The quantitative estimate of drug-likeness (QED) is 0.646. The molecule has 1 aromatic carbocycles. The summed E-state index contributed by atoms with van der Waals surface area (Å²) < 4.78 is 38.2. The van der Waals surface area contributed by atoms with E-state index in [0.717, 1.165) is 17.7 Å². The number of amides is 1. The van der Waals surface area contributed by atoms with E-state index in [-0.39, 0.29) is 12.5 Å². The van der Waals surface area contributed by atoms with Crippen LogP contribution in [0.1, 0.15) is 28.1 Å². The molecule has 1 aromatic heterocycles. The van der Waals surface area contributed by atoms with Gasteiger partial charge < -0.3 is 14.8 Å². The Morgan fingerprint density at radius 3 is 2.36 bits per heavy atom. The Morgan fingerprint density at radius 2 is 1.79 bits per heavy atom. The molecular weight excluding hydrogens is 468 g/mol. The summed E-state index contributed by atoms with van der Waals surface area (Å²) in [4.78, 5) is 13.3. The molecule has 1 amide bonds. The van der Waals surface area contributed by atoms with E-state index in [1.165, 1.54) is 29.9 Å². The van der Waals surface area contributed by atoms with Crippen LogP contribution in [0, 0.1) is 0 Å². The zero-order valence-electron chi connectivity index (χ0n) is 15.5. The van der Waals surface area contributed by atoms with Gasteiger partial charge in [-0.1, -0.05) is 0 Å². The van der Waals surface area contributed by atoms with Gasteiger partial charge in [0.1, 0.15) is 20.2 Å². The molecule has 0 atom stereocenters. The van der Waals surface area contributed by atoms with Crippen molar-refractivity contribution in [2.45, 2.75) is 23.6 Å². The fourth-order valence-electron chi connectivity index (χ4n) is 2.92. The number of hydrogen-bond donors (Lipinski definition) is 1. The first kappa shape index (κ1) is 21.1. The lowest BCUT2D eigenvalue weighted by atomic mass is 10.2. The summed E-state index contributed by atoms with van der Waals surface area (Å²) in [5.41, 5.74) is 0.387. The summed E-state index contributed by atoms with van der Waals surface area (Å²) >= 11 is 4.55. The van der Waals surface area contributed by atoms with Crippen molar-refractivity contribution in [2.75, 3.05) is 27.3 Å². The Kier molecular flexibility index (Phi) is 6.64. The first-order valence-electron chi connectivity index (χ1n) is 8.65. The molecule has 3 rings (SSSR count). The third-order valence-electron chi connectivity index (χ3n) is 4.43. The summed E-state index contributed by atoms with van der Waals surface area (Å²) in [7, 11) is -0.412. The van der Waals surface area contributed by atoms with E-state index < -0.39 is 10.0 Å². The molecule has 0 unspecified atom stereocenters. The fraction of sp³-hybridized carbons (Fsp3) is 0.389. The van der Waals surface area contributed by atoms with Gasteiger partial charge in [-0.2, -0.15) is 4.31 Å². The maximum absolute atomic E-state index is 12.6. The number of sulfonamides is 1. The second-order valence-corrected chi connectivity index (χ2v) is 10.3. The molecule has 28 heavy (non-hydrogen) atoms. The van der Waals surface area contributed by atoms with Crippen LogP contribution in [-0.2, 0) is 16.6 Å². The van der Waals surface area contributed by atoms with Gasteiger partial charge >= 0.3 is 0 Å². The minimum atomic E-state index is -3.43. The predicted octanol–water partition coefficient (Wildman–Crippen LogP) is 3.24. The van der Waals surface area contributed by atoms with Crippen LogP contribution >= 0.6 is 27.3 Å². The van der Waals surface area contributed by atoms with Crippen molar-refractivity contribution in [3.8, 4) is 11.5 Å². The van der Waals surface area contributed by atoms with Gasteiger partial charge in [0.25, 0.3) is 15.9 Å². The van der Waals surface area contributed by atoms with E-state index in [2.05, 4.69) is 21.2 Å². The van der Waals surface area contributed by atoms with Gasteiger partial charge in [-0.3, -0.25) is 4.79 Å². The average Bonchev–Trinajstić information content (AvgIpc) is 3.38. The highest BCUT2D eigenvalue weighted by molar-refractivity contribution is 9.10. The van der Waals surface area contributed by atoms with Crippen molar-refractivity contribution in [1.82, 2.24) is 9.62 Å². The van der Waals surface area contributed by atoms with E-state index in [0.29, 0.717) is 38.8 Å². The summed E-state index contributed by atoms with van der Waals surface area (Å²) in [6, 6.07) is 6.56. The molecule has 2 heterocycles. The number of nitrogens with zero attached hydrogens (tertiary/aromatic N) is 1. The maximum Gasteiger partial charge on any atom is 0.252 e. The van der Waals surface area contributed by atoms with Gasteiger partial charge in [0.15, 0.2) is 0 Å². The number of benzene rings is 1. The van der Waals surface area contributed by atoms with Crippen LogP contribution in [0.2, 0.25) is 0 Å². The largest absolute Gasteiger partial charge is 0.495 e. The van der Waals surface area contributed by atoms with Crippen molar-refractivity contribution >= 4 is 43.2 Å². The van der Waals surface area contributed by atoms with Crippen LogP contribution in [0.15, 0.2) is 32.9 Å². The molecule has 1 aliphatic rings. The zero-order chi connectivity index (χ0) is 20.3. The number of rotatable bonds is 7. The van der Waals surface area contributed by atoms with Crippen LogP contribution in [0.4, 0.5) is 0 Å². The normalized spacial score (nSPS) is 14.8. The van der Waals surface area contributed by atoms with Crippen LogP contribution in [0.3, 0.4) is 0 Å². The molecule has 1 N–H and O–H groups in total. The van der Waals surface area contributed by atoms with Crippen molar-refractivity contribution in [2.24, 2.45) is 0 Å². The molecule has 0 saturated carbocycles. The van der Waals surface area contributed by atoms with Crippen molar-refractivity contribution in [3.05, 3.63) is 39.2 Å². The number of ether oxygens (including phenoxy) is 2. The summed E-state index contributed by atoms with van der Waals surface area (Å²) in [5, 5.41) is 2.81. The minimum Gasteiger partial charge on any atom is -0.495 e. The highest BCUT2D eigenvalue weighted by Gasteiger charge is 2.28. The van der Waals surface area contributed by atoms with Gasteiger partial charge in [-0.05, 0) is 53.0 Å². The number of thiophene rings is 1. The molecule has 1 aliphatic heterocycles. The van der Waals surface area contributed by atoms with Gasteiger partial charge in [0.05, 0.1) is 20.8 Å². The smallest absolute Gasteiger partial charge is 0.252 e. The summed E-state index contributed by atoms with van der Waals surface area (Å²) in [6.45, 7) is 1.37. The highest BCUT2D eigenvalue weighted by Crippen LogP contribution is 2.35. The lowest BCUT2D eigenvalue weighted by Crippen LogP contribution is -2.27. The molecule has 1 fully saturated rings. The number of halogens is 1. The molecule has 10 heteroatoms. The average molecular weight is 489 g/mol. The number of carbonyl (C=O) groups excluding carboxylic acids is 1. The third-order valence-corrected chi connectivity index (χ3v) is 8.66. The Morgan fingerprint density at radius 1 is 1.18 bits per heavy atom. The topological polar surface area (TPSA) is 84.9 Å². The van der Waals surface area contributed by atoms with E-state index in [1.807, 2.05) is 0 Å². The third kappa shape index (κ3) is 4.35. The first-order chi connectivity index (χ1) is 13.4. The van der Waals surface area contributed by atoms with Crippen molar-refractivity contribution in [3.63, 3.8) is 0 Å². The second kappa shape index (κ2) is 8.81. The number of hydrogen-bond acceptors (Lipinski definition) is 6. The molecule has 7 nitrogen and oxygen atoms in total.